The van der Waals surface area contributed by atoms with E-state index in [1.54, 1.807) is 31.3 Å². The second kappa shape index (κ2) is 9.08. The summed E-state index contributed by atoms with van der Waals surface area (Å²) in [6.07, 6.45) is 0. The fraction of sp³-hybridized carbons (Fsp3) is 0.450. The monoisotopic (exact) mass is 389 g/mol. The number of anilines is 1. The third-order valence-electron chi connectivity index (χ3n) is 4.34. The zero-order chi connectivity index (χ0) is 20.1. The normalized spacial score (nSPS) is 10.9. The Labute approximate surface area is 164 Å². The van der Waals surface area contributed by atoms with Crippen LogP contribution in [0.25, 0.3) is 0 Å². The minimum Gasteiger partial charge on any atom is -0.465 e. The summed E-state index contributed by atoms with van der Waals surface area (Å²) in [5.41, 5.74) is 3.01. The van der Waals surface area contributed by atoms with Gasteiger partial charge in [-0.25, -0.2) is 9.78 Å². The molecule has 1 aromatic carbocycles. The molecule has 1 heterocycles. The number of methoxy groups -OCH3 is 1. The van der Waals surface area contributed by atoms with Crippen molar-refractivity contribution in [2.75, 3.05) is 24.8 Å². The Morgan fingerprint density at radius 1 is 1.26 bits per heavy atom. The van der Waals surface area contributed by atoms with Crippen molar-refractivity contribution in [3.8, 4) is 0 Å². The Morgan fingerprint density at radius 3 is 2.56 bits per heavy atom. The summed E-state index contributed by atoms with van der Waals surface area (Å²) < 4.78 is 6.98. The standard InChI is InChI=1S/C20H27N3O3S/c1-13(2)11-23-15(4)14(3)21-20(23)27-12-18(24)22(5)17-10-8-7-9-16(17)19(25)26-6/h7-10,13H,11-12H2,1-6H3. The third kappa shape index (κ3) is 4.91. The number of thioether (sulfide) groups is 1. The molecule has 7 heteroatoms. The van der Waals surface area contributed by atoms with Crippen LogP contribution >= 0.6 is 11.8 Å². The molecule has 146 valence electrons. The summed E-state index contributed by atoms with van der Waals surface area (Å²) in [5, 5.41) is 0.849. The van der Waals surface area contributed by atoms with Crippen molar-refractivity contribution in [2.45, 2.75) is 39.4 Å². The molecule has 0 N–H and O–H groups in total. The average Bonchev–Trinajstić information content (AvgIpc) is 2.92. The zero-order valence-corrected chi connectivity index (χ0v) is 17.6. The van der Waals surface area contributed by atoms with Crippen LogP contribution in [0.1, 0.15) is 35.6 Å². The van der Waals surface area contributed by atoms with Gasteiger partial charge in [-0.3, -0.25) is 4.79 Å². The SMILES string of the molecule is COC(=O)c1ccccc1N(C)C(=O)CSc1nc(C)c(C)n1CC(C)C. The van der Waals surface area contributed by atoms with Gasteiger partial charge in [0.05, 0.1) is 29.8 Å². The van der Waals surface area contributed by atoms with E-state index in [-0.39, 0.29) is 11.7 Å². The second-order valence-corrected chi connectivity index (χ2v) is 7.76. The van der Waals surface area contributed by atoms with Crippen molar-refractivity contribution in [2.24, 2.45) is 5.92 Å². The van der Waals surface area contributed by atoms with Crippen LogP contribution in [-0.4, -0.2) is 41.3 Å². The van der Waals surface area contributed by atoms with Gasteiger partial charge in [0.15, 0.2) is 5.16 Å². The summed E-state index contributed by atoms with van der Waals surface area (Å²) in [5.74, 6) is 0.157. The van der Waals surface area contributed by atoms with Crippen LogP contribution in [0.4, 0.5) is 5.69 Å². The Kier molecular flexibility index (Phi) is 7.07. The molecule has 0 aliphatic heterocycles. The van der Waals surface area contributed by atoms with Crippen LogP contribution in [0.3, 0.4) is 0 Å². The lowest BCUT2D eigenvalue weighted by Crippen LogP contribution is -2.29. The maximum Gasteiger partial charge on any atom is 0.339 e. The lowest BCUT2D eigenvalue weighted by molar-refractivity contribution is -0.115. The minimum atomic E-state index is -0.461. The molecule has 0 spiro atoms. The van der Waals surface area contributed by atoms with Gasteiger partial charge in [-0.2, -0.15) is 0 Å². The number of hydrogen-bond acceptors (Lipinski definition) is 5. The number of amides is 1. The molecule has 6 nitrogen and oxygen atoms in total. The van der Waals surface area contributed by atoms with Crippen molar-refractivity contribution in [1.29, 1.82) is 0 Å². The van der Waals surface area contributed by atoms with Crippen LogP contribution < -0.4 is 4.90 Å². The minimum absolute atomic E-state index is 0.106. The van der Waals surface area contributed by atoms with Crippen LogP contribution in [0.15, 0.2) is 29.4 Å². The molecular formula is C20H27N3O3S. The lowest BCUT2D eigenvalue weighted by atomic mass is 10.1. The molecule has 0 aliphatic carbocycles. The highest BCUT2D eigenvalue weighted by Gasteiger charge is 2.20. The summed E-state index contributed by atoms with van der Waals surface area (Å²) in [6, 6.07) is 6.93. The van der Waals surface area contributed by atoms with Crippen molar-refractivity contribution in [3.63, 3.8) is 0 Å². The summed E-state index contributed by atoms with van der Waals surface area (Å²) in [7, 11) is 3.00. The molecule has 1 amide bonds. The third-order valence-corrected chi connectivity index (χ3v) is 5.30. The summed E-state index contributed by atoms with van der Waals surface area (Å²) >= 11 is 1.42. The molecule has 0 fully saturated rings. The molecule has 0 aliphatic rings. The highest BCUT2D eigenvalue weighted by atomic mass is 32.2. The number of rotatable bonds is 7. The maximum atomic E-state index is 12.7. The first-order valence-corrected chi connectivity index (χ1v) is 9.85. The van der Waals surface area contributed by atoms with E-state index in [1.807, 2.05) is 6.92 Å². The summed E-state index contributed by atoms with van der Waals surface area (Å²) in [6.45, 7) is 9.22. The number of imidazole rings is 1. The van der Waals surface area contributed by atoms with Gasteiger partial charge in [0.2, 0.25) is 5.91 Å². The predicted molar refractivity (Wildman–Crippen MR) is 108 cm³/mol. The van der Waals surface area contributed by atoms with E-state index in [1.165, 1.54) is 23.8 Å². The van der Waals surface area contributed by atoms with Crippen molar-refractivity contribution >= 4 is 29.3 Å². The molecule has 2 rings (SSSR count). The van der Waals surface area contributed by atoms with Gasteiger partial charge >= 0.3 is 5.97 Å². The number of nitrogens with zero attached hydrogens (tertiary/aromatic N) is 3. The first-order valence-electron chi connectivity index (χ1n) is 8.86. The molecule has 0 saturated carbocycles. The Balaban J connectivity index is 2.15. The van der Waals surface area contributed by atoms with Gasteiger partial charge in [-0.1, -0.05) is 37.7 Å². The number of hydrogen-bond donors (Lipinski definition) is 0. The number of para-hydroxylation sites is 1. The molecular weight excluding hydrogens is 362 g/mol. The van der Waals surface area contributed by atoms with Gasteiger partial charge in [-0.05, 0) is 31.9 Å². The Bertz CT molecular complexity index is 830. The fourth-order valence-electron chi connectivity index (χ4n) is 2.72. The van der Waals surface area contributed by atoms with Crippen LogP contribution in [0.2, 0.25) is 0 Å². The number of carbonyl (C=O) groups is 2. The first kappa shape index (κ1) is 21.0. The number of aryl methyl sites for hydroxylation is 1. The van der Waals surface area contributed by atoms with E-state index >= 15 is 0 Å². The van der Waals surface area contributed by atoms with E-state index in [9.17, 15) is 9.59 Å². The van der Waals surface area contributed by atoms with E-state index in [0.29, 0.717) is 17.2 Å². The fourth-order valence-corrected chi connectivity index (χ4v) is 3.74. The first-order chi connectivity index (χ1) is 12.8. The maximum absolute atomic E-state index is 12.7. The number of esters is 1. The zero-order valence-electron chi connectivity index (χ0n) is 16.8. The average molecular weight is 390 g/mol. The molecule has 27 heavy (non-hydrogen) atoms. The number of carbonyl (C=O) groups excluding carboxylic acids is 2. The van der Waals surface area contributed by atoms with Crippen molar-refractivity contribution in [1.82, 2.24) is 9.55 Å². The van der Waals surface area contributed by atoms with Gasteiger partial charge in [0.25, 0.3) is 0 Å². The molecule has 0 radical (unpaired) electrons. The highest BCUT2D eigenvalue weighted by molar-refractivity contribution is 7.99. The summed E-state index contributed by atoms with van der Waals surface area (Å²) in [4.78, 5) is 30.8. The molecule has 0 atom stereocenters. The van der Waals surface area contributed by atoms with Crippen LogP contribution in [0, 0.1) is 19.8 Å². The van der Waals surface area contributed by atoms with Crippen LogP contribution in [-0.2, 0) is 16.1 Å². The topological polar surface area (TPSA) is 64.4 Å². The van der Waals surface area contributed by atoms with Crippen molar-refractivity contribution < 1.29 is 14.3 Å². The quantitative estimate of drug-likeness (QED) is 0.534. The smallest absolute Gasteiger partial charge is 0.339 e. The van der Waals surface area contributed by atoms with Gasteiger partial charge in [-0.15, -0.1) is 0 Å². The van der Waals surface area contributed by atoms with Gasteiger partial charge in [0, 0.05) is 19.3 Å². The number of benzene rings is 1. The molecule has 0 saturated heterocycles. The Morgan fingerprint density at radius 2 is 1.93 bits per heavy atom. The van der Waals surface area contributed by atoms with Crippen LogP contribution in [0.5, 0.6) is 0 Å². The number of ether oxygens (including phenoxy) is 1. The number of aromatic nitrogens is 2. The van der Waals surface area contributed by atoms with E-state index in [4.69, 9.17) is 4.74 Å². The van der Waals surface area contributed by atoms with E-state index in [2.05, 4.69) is 30.3 Å². The largest absolute Gasteiger partial charge is 0.465 e. The Hall–Kier alpha value is -2.28. The van der Waals surface area contributed by atoms with Gasteiger partial charge < -0.3 is 14.2 Å². The van der Waals surface area contributed by atoms with E-state index in [0.717, 1.165) is 23.1 Å². The van der Waals surface area contributed by atoms with Gasteiger partial charge in [0.1, 0.15) is 0 Å². The molecule has 1 aromatic heterocycles. The highest BCUT2D eigenvalue weighted by Crippen LogP contribution is 2.25. The predicted octanol–water partition coefficient (Wildman–Crippen LogP) is 3.70. The van der Waals surface area contributed by atoms with E-state index < -0.39 is 5.97 Å². The molecule has 2 aromatic rings. The van der Waals surface area contributed by atoms with Crippen molar-refractivity contribution in [3.05, 3.63) is 41.2 Å². The second-order valence-electron chi connectivity index (χ2n) is 6.82. The molecule has 0 unspecified atom stereocenters. The lowest BCUT2D eigenvalue weighted by Gasteiger charge is -2.20. The molecule has 0 bridgehead atoms.